The van der Waals surface area contributed by atoms with E-state index in [1.54, 1.807) is 30.9 Å². The summed E-state index contributed by atoms with van der Waals surface area (Å²) in [6.07, 6.45) is -2.60. The van der Waals surface area contributed by atoms with Crippen LogP contribution in [0.1, 0.15) is 19.8 Å². The number of nitrogens with one attached hydrogen (secondary N) is 1. The molecular weight excluding hydrogens is 219 g/mol. The normalized spacial score (nSPS) is 13.8. The molecule has 0 fully saturated rings. The van der Waals surface area contributed by atoms with Gasteiger partial charge in [0.1, 0.15) is 5.82 Å². The minimum Gasteiger partial charge on any atom is -0.368 e. The molecular formula is C10H16F3N3. The maximum atomic E-state index is 12.2. The molecule has 1 unspecified atom stereocenters. The highest BCUT2D eigenvalue weighted by atomic mass is 19.4. The topological polar surface area (TPSA) is 29.9 Å². The number of aryl methyl sites for hydroxylation is 1. The number of nitrogens with zero attached hydrogens (tertiary/aromatic N) is 2. The lowest BCUT2D eigenvalue weighted by molar-refractivity contribution is -0.143. The first-order valence-corrected chi connectivity index (χ1v) is 5.21. The van der Waals surface area contributed by atoms with E-state index in [-0.39, 0.29) is 0 Å². The molecule has 92 valence electrons. The molecule has 16 heavy (non-hydrogen) atoms. The smallest absolute Gasteiger partial charge is 0.368 e. The zero-order valence-electron chi connectivity index (χ0n) is 9.38. The van der Waals surface area contributed by atoms with Gasteiger partial charge in [-0.05, 0) is 5.92 Å². The van der Waals surface area contributed by atoms with Crippen LogP contribution in [0.15, 0.2) is 12.3 Å². The maximum absolute atomic E-state index is 12.2. The van der Waals surface area contributed by atoms with E-state index in [1.807, 2.05) is 0 Å². The lowest BCUT2D eigenvalue weighted by atomic mass is 10.0. The van der Waals surface area contributed by atoms with E-state index in [4.69, 9.17) is 0 Å². The number of anilines is 1. The molecule has 1 N–H and O–H groups in total. The van der Waals surface area contributed by atoms with Gasteiger partial charge in [0.2, 0.25) is 0 Å². The molecule has 0 aliphatic carbocycles. The molecule has 0 saturated carbocycles. The molecule has 0 saturated heterocycles. The molecule has 1 aromatic heterocycles. The summed E-state index contributed by atoms with van der Waals surface area (Å²) in [6, 6.07) is 1.74. The summed E-state index contributed by atoms with van der Waals surface area (Å²) in [5.74, 6) is 0.213. The fraction of sp³-hybridized carbons (Fsp3) is 0.700. The first-order chi connectivity index (χ1) is 7.40. The van der Waals surface area contributed by atoms with Crippen molar-refractivity contribution in [1.29, 1.82) is 0 Å². The fourth-order valence-electron chi connectivity index (χ4n) is 1.45. The summed E-state index contributed by atoms with van der Waals surface area (Å²) in [5, 5.41) is 6.94. The Morgan fingerprint density at radius 3 is 2.62 bits per heavy atom. The molecule has 6 heteroatoms. The van der Waals surface area contributed by atoms with Crippen LogP contribution < -0.4 is 5.32 Å². The van der Waals surface area contributed by atoms with Crippen molar-refractivity contribution in [2.24, 2.45) is 13.0 Å². The Bertz CT molecular complexity index is 319. The summed E-state index contributed by atoms with van der Waals surface area (Å²) < 4.78 is 38.1. The van der Waals surface area contributed by atoms with Gasteiger partial charge in [0.05, 0.1) is 0 Å². The van der Waals surface area contributed by atoms with Crippen LogP contribution in [0.25, 0.3) is 0 Å². The second-order valence-corrected chi connectivity index (χ2v) is 3.85. The number of alkyl halides is 3. The average molecular weight is 235 g/mol. The highest BCUT2D eigenvalue weighted by molar-refractivity contribution is 5.31. The third kappa shape index (κ3) is 4.55. The Hall–Kier alpha value is -1.20. The number of hydrogen-bond donors (Lipinski definition) is 1. The van der Waals surface area contributed by atoms with Gasteiger partial charge < -0.3 is 5.32 Å². The standard InChI is InChI=1S/C10H16F3N3/c1-3-8(6-10(11,12)13)7-14-9-4-5-16(2)15-9/h4-5,8H,3,6-7H2,1-2H3,(H,14,15). The van der Waals surface area contributed by atoms with Gasteiger partial charge >= 0.3 is 6.18 Å². The van der Waals surface area contributed by atoms with Crippen LogP contribution >= 0.6 is 0 Å². The number of aromatic nitrogens is 2. The third-order valence-corrected chi connectivity index (χ3v) is 2.38. The van der Waals surface area contributed by atoms with Gasteiger partial charge in [0, 0.05) is 32.3 Å². The van der Waals surface area contributed by atoms with E-state index in [0.29, 0.717) is 18.8 Å². The molecule has 1 atom stereocenters. The highest BCUT2D eigenvalue weighted by Gasteiger charge is 2.30. The SMILES string of the molecule is CCC(CNc1ccn(C)n1)CC(F)(F)F. The first-order valence-electron chi connectivity index (χ1n) is 5.21. The van der Waals surface area contributed by atoms with Crippen molar-refractivity contribution in [3.63, 3.8) is 0 Å². The third-order valence-electron chi connectivity index (χ3n) is 2.38. The Morgan fingerprint density at radius 1 is 1.50 bits per heavy atom. The lowest BCUT2D eigenvalue weighted by Gasteiger charge is -2.17. The van der Waals surface area contributed by atoms with Crippen molar-refractivity contribution in [1.82, 2.24) is 9.78 Å². The fourth-order valence-corrected chi connectivity index (χ4v) is 1.45. The molecule has 1 rings (SSSR count). The van der Waals surface area contributed by atoms with Gasteiger partial charge in [-0.15, -0.1) is 0 Å². The van der Waals surface area contributed by atoms with Gasteiger partial charge in [-0.25, -0.2) is 0 Å². The molecule has 0 aliphatic heterocycles. The Morgan fingerprint density at radius 2 is 2.19 bits per heavy atom. The van der Waals surface area contributed by atoms with E-state index in [2.05, 4.69) is 10.4 Å². The van der Waals surface area contributed by atoms with E-state index >= 15 is 0 Å². The van der Waals surface area contributed by atoms with Crippen molar-refractivity contribution in [3.8, 4) is 0 Å². The van der Waals surface area contributed by atoms with Crippen LogP contribution in [-0.4, -0.2) is 22.5 Å². The van der Waals surface area contributed by atoms with E-state index in [0.717, 1.165) is 0 Å². The summed E-state index contributed by atoms with van der Waals surface area (Å²) in [6.45, 7) is 2.06. The number of halogens is 3. The van der Waals surface area contributed by atoms with E-state index < -0.39 is 18.5 Å². The van der Waals surface area contributed by atoms with E-state index in [1.165, 1.54) is 0 Å². The predicted octanol–water partition coefficient (Wildman–Crippen LogP) is 2.81. The monoisotopic (exact) mass is 235 g/mol. The molecule has 0 amide bonds. The number of hydrogen-bond acceptors (Lipinski definition) is 2. The van der Waals surface area contributed by atoms with Crippen LogP contribution in [0.4, 0.5) is 19.0 Å². The molecule has 0 spiro atoms. The van der Waals surface area contributed by atoms with Crippen LogP contribution in [0, 0.1) is 5.92 Å². The molecule has 0 radical (unpaired) electrons. The van der Waals surface area contributed by atoms with Gasteiger partial charge in [-0.1, -0.05) is 13.3 Å². The second-order valence-electron chi connectivity index (χ2n) is 3.85. The Balaban J connectivity index is 2.40. The molecule has 0 aromatic carbocycles. The van der Waals surface area contributed by atoms with Crippen LogP contribution in [0.2, 0.25) is 0 Å². The van der Waals surface area contributed by atoms with Crippen molar-refractivity contribution in [2.45, 2.75) is 25.9 Å². The van der Waals surface area contributed by atoms with Gasteiger partial charge in [0.15, 0.2) is 0 Å². The van der Waals surface area contributed by atoms with Gasteiger partial charge in [-0.3, -0.25) is 4.68 Å². The van der Waals surface area contributed by atoms with E-state index in [9.17, 15) is 13.2 Å². The van der Waals surface area contributed by atoms with Crippen LogP contribution in [0.3, 0.4) is 0 Å². The van der Waals surface area contributed by atoms with Crippen molar-refractivity contribution < 1.29 is 13.2 Å². The first kappa shape index (κ1) is 12.9. The Labute approximate surface area is 92.6 Å². The summed E-state index contributed by atoms with van der Waals surface area (Å²) in [7, 11) is 1.76. The largest absolute Gasteiger partial charge is 0.389 e. The summed E-state index contributed by atoms with van der Waals surface area (Å²) >= 11 is 0. The summed E-state index contributed by atoms with van der Waals surface area (Å²) in [4.78, 5) is 0. The van der Waals surface area contributed by atoms with Crippen LogP contribution in [0.5, 0.6) is 0 Å². The lowest BCUT2D eigenvalue weighted by Crippen LogP contribution is -2.21. The Kier molecular flexibility index (Phi) is 4.20. The quantitative estimate of drug-likeness (QED) is 0.850. The molecule has 3 nitrogen and oxygen atoms in total. The zero-order valence-corrected chi connectivity index (χ0v) is 9.38. The second kappa shape index (κ2) is 5.23. The average Bonchev–Trinajstić information content (AvgIpc) is 2.57. The van der Waals surface area contributed by atoms with Crippen molar-refractivity contribution in [3.05, 3.63) is 12.3 Å². The van der Waals surface area contributed by atoms with Crippen LogP contribution in [-0.2, 0) is 7.05 Å². The zero-order chi connectivity index (χ0) is 12.2. The highest BCUT2D eigenvalue weighted by Crippen LogP contribution is 2.26. The molecule has 1 aromatic rings. The van der Waals surface area contributed by atoms with Crippen molar-refractivity contribution in [2.75, 3.05) is 11.9 Å². The molecule has 1 heterocycles. The molecule has 0 aliphatic rings. The minimum absolute atomic E-state index is 0.299. The minimum atomic E-state index is -4.09. The van der Waals surface area contributed by atoms with Crippen molar-refractivity contribution >= 4 is 5.82 Å². The molecule has 0 bridgehead atoms. The van der Waals surface area contributed by atoms with Gasteiger partial charge in [0.25, 0.3) is 0 Å². The summed E-state index contributed by atoms with van der Waals surface area (Å²) in [5.41, 5.74) is 0. The maximum Gasteiger partial charge on any atom is 0.389 e. The predicted molar refractivity (Wildman–Crippen MR) is 56.2 cm³/mol. The van der Waals surface area contributed by atoms with Gasteiger partial charge in [-0.2, -0.15) is 18.3 Å². The number of rotatable bonds is 5.